The summed E-state index contributed by atoms with van der Waals surface area (Å²) in [5.74, 6) is 0. The van der Waals surface area contributed by atoms with Crippen molar-refractivity contribution in [1.82, 2.24) is 0 Å². The molecule has 0 rings (SSSR count). The Morgan fingerprint density at radius 3 is 2.54 bits per heavy atom. The molecule has 0 saturated heterocycles. The summed E-state index contributed by atoms with van der Waals surface area (Å²) >= 11 is 4.20. The molecule has 0 fully saturated rings. The van der Waals surface area contributed by atoms with Gasteiger partial charge in [-0.2, -0.15) is 0 Å². The third-order valence-corrected chi connectivity index (χ3v) is 1.71. The minimum absolute atomic E-state index is 0.274. The van der Waals surface area contributed by atoms with Crippen molar-refractivity contribution in [3.8, 4) is 0 Å². The molecule has 0 N–H and O–H groups in total. The van der Waals surface area contributed by atoms with E-state index in [1.54, 1.807) is 0 Å². The molecule has 13 heavy (non-hydrogen) atoms. The molecule has 0 aromatic heterocycles. The van der Waals surface area contributed by atoms with E-state index < -0.39 is 5.30 Å². The molecule has 0 bridgehead atoms. The van der Waals surface area contributed by atoms with E-state index in [9.17, 15) is 4.79 Å². The van der Waals surface area contributed by atoms with Gasteiger partial charge >= 0.3 is 5.30 Å². The van der Waals surface area contributed by atoms with Crippen LogP contribution in [0.4, 0.5) is 4.79 Å². The monoisotopic (exact) mass is 205 g/mol. The molecule has 0 aliphatic carbocycles. The number of rotatable bonds is 8. The van der Waals surface area contributed by atoms with Crippen LogP contribution in [-0.4, -0.2) is 25.1 Å². The van der Waals surface area contributed by atoms with E-state index in [1.807, 2.05) is 0 Å². The summed E-state index contributed by atoms with van der Waals surface area (Å²) in [6.07, 6.45) is 4.77. The summed E-state index contributed by atoms with van der Waals surface area (Å²) in [7, 11) is 0. The normalized spacial score (nSPS) is 9.92. The van der Waals surface area contributed by atoms with Gasteiger partial charge < -0.3 is 9.47 Å². The molecule has 0 aliphatic heterocycles. The van der Waals surface area contributed by atoms with Crippen molar-refractivity contribution in [2.45, 2.75) is 32.6 Å². The van der Waals surface area contributed by atoms with Gasteiger partial charge in [0.15, 0.2) is 0 Å². The minimum atomic E-state index is -0.658. The SMILES string of the molecule is CCCCCCOCCOC(=O)[S]. The van der Waals surface area contributed by atoms with Crippen LogP contribution >= 0.6 is 12.6 Å². The summed E-state index contributed by atoms with van der Waals surface area (Å²) < 4.78 is 9.73. The van der Waals surface area contributed by atoms with E-state index in [1.165, 1.54) is 19.3 Å². The molecule has 0 spiro atoms. The van der Waals surface area contributed by atoms with Crippen molar-refractivity contribution in [2.75, 3.05) is 19.8 Å². The average Bonchev–Trinajstić information content (AvgIpc) is 2.09. The predicted octanol–water partition coefficient (Wildman–Crippen LogP) is 2.92. The standard InChI is InChI=1S/C9H17O3S/c1-2-3-4-5-6-11-7-8-12-9(10)13/h2-8H2,1H3. The van der Waals surface area contributed by atoms with Gasteiger partial charge in [-0.15, -0.1) is 0 Å². The molecule has 0 atom stereocenters. The van der Waals surface area contributed by atoms with Gasteiger partial charge in [0.05, 0.1) is 6.61 Å². The van der Waals surface area contributed by atoms with Gasteiger partial charge in [-0.1, -0.05) is 26.2 Å². The smallest absolute Gasteiger partial charge is 0.400 e. The Morgan fingerprint density at radius 2 is 1.92 bits per heavy atom. The Morgan fingerprint density at radius 1 is 1.15 bits per heavy atom. The number of unbranched alkanes of at least 4 members (excludes halogenated alkanes) is 3. The lowest BCUT2D eigenvalue weighted by atomic mass is 10.2. The quantitative estimate of drug-likeness (QED) is 0.451. The van der Waals surface area contributed by atoms with Gasteiger partial charge in [-0.05, 0) is 6.42 Å². The summed E-state index contributed by atoms with van der Waals surface area (Å²) in [6, 6.07) is 0. The van der Waals surface area contributed by atoms with Crippen molar-refractivity contribution in [3.05, 3.63) is 0 Å². The Hall–Kier alpha value is -0.350. The van der Waals surface area contributed by atoms with Crippen LogP contribution in [0, 0.1) is 0 Å². The largest absolute Gasteiger partial charge is 0.452 e. The molecule has 0 heterocycles. The molecule has 4 heteroatoms. The van der Waals surface area contributed by atoms with Gasteiger partial charge in [0, 0.05) is 19.2 Å². The van der Waals surface area contributed by atoms with Crippen LogP contribution in [0.2, 0.25) is 0 Å². The first-order chi connectivity index (χ1) is 6.27. The van der Waals surface area contributed by atoms with E-state index in [0.29, 0.717) is 6.61 Å². The van der Waals surface area contributed by atoms with Crippen molar-refractivity contribution in [1.29, 1.82) is 0 Å². The second-order valence-electron chi connectivity index (χ2n) is 2.77. The molecule has 0 aliphatic rings. The molecule has 1 radical (unpaired) electrons. The van der Waals surface area contributed by atoms with Crippen molar-refractivity contribution in [3.63, 3.8) is 0 Å². The van der Waals surface area contributed by atoms with Crippen molar-refractivity contribution >= 4 is 17.9 Å². The number of carbonyl (C=O) groups is 1. The highest BCUT2D eigenvalue weighted by Gasteiger charge is 1.94. The zero-order valence-electron chi connectivity index (χ0n) is 8.08. The molecular weight excluding hydrogens is 188 g/mol. The van der Waals surface area contributed by atoms with Crippen LogP contribution in [0.15, 0.2) is 0 Å². The van der Waals surface area contributed by atoms with Gasteiger partial charge in [0.1, 0.15) is 6.61 Å². The third-order valence-electron chi connectivity index (χ3n) is 1.59. The van der Waals surface area contributed by atoms with Crippen LogP contribution < -0.4 is 0 Å². The molecular formula is C9H17O3S. The fraction of sp³-hybridized carbons (Fsp3) is 0.889. The zero-order valence-corrected chi connectivity index (χ0v) is 8.90. The number of hydrogen-bond acceptors (Lipinski definition) is 3. The second-order valence-corrected chi connectivity index (χ2v) is 3.10. The number of ether oxygens (including phenoxy) is 2. The first kappa shape index (κ1) is 12.7. The topological polar surface area (TPSA) is 35.5 Å². The Balaban J connectivity index is 2.87. The molecule has 77 valence electrons. The van der Waals surface area contributed by atoms with Crippen molar-refractivity contribution in [2.24, 2.45) is 0 Å². The van der Waals surface area contributed by atoms with Crippen LogP contribution in [0.3, 0.4) is 0 Å². The van der Waals surface area contributed by atoms with E-state index in [0.717, 1.165) is 13.0 Å². The molecule has 0 saturated carbocycles. The molecule has 3 nitrogen and oxygen atoms in total. The Labute approximate surface area is 85.2 Å². The fourth-order valence-corrected chi connectivity index (χ4v) is 1.00. The summed E-state index contributed by atoms with van der Waals surface area (Å²) in [5.41, 5.74) is 0. The fourth-order valence-electron chi connectivity index (χ4n) is 0.917. The maximum atomic E-state index is 10.2. The maximum absolute atomic E-state index is 10.2. The van der Waals surface area contributed by atoms with Gasteiger partial charge in [-0.25, -0.2) is 4.79 Å². The summed E-state index contributed by atoms with van der Waals surface area (Å²) in [5, 5.41) is -0.658. The lowest BCUT2D eigenvalue weighted by Crippen LogP contribution is -2.06. The minimum Gasteiger partial charge on any atom is -0.452 e. The lowest BCUT2D eigenvalue weighted by molar-refractivity contribution is 0.0807. The summed E-state index contributed by atoms with van der Waals surface area (Å²) in [4.78, 5) is 10.2. The highest BCUT2D eigenvalue weighted by Crippen LogP contribution is 1.98. The Bertz CT molecular complexity index is 128. The molecule has 0 amide bonds. The first-order valence-electron chi connectivity index (χ1n) is 4.69. The highest BCUT2D eigenvalue weighted by atomic mass is 32.1. The average molecular weight is 205 g/mol. The number of hydrogen-bond donors (Lipinski definition) is 0. The van der Waals surface area contributed by atoms with E-state index in [-0.39, 0.29) is 6.61 Å². The van der Waals surface area contributed by atoms with Gasteiger partial charge in [0.2, 0.25) is 0 Å². The number of carbonyl (C=O) groups excluding carboxylic acids is 1. The van der Waals surface area contributed by atoms with E-state index in [2.05, 4.69) is 24.3 Å². The maximum Gasteiger partial charge on any atom is 0.400 e. The van der Waals surface area contributed by atoms with Crippen molar-refractivity contribution < 1.29 is 14.3 Å². The summed E-state index contributed by atoms with van der Waals surface area (Å²) in [6.45, 7) is 3.64. The van der Waals surface area contributed by atoms with Crippen LogP contribution in [0.5, 0.6) is 0 Å². The van der Waals surface area contributed by atoms with Crippen LogP contribution in [-0.2, 0) is 9.47 Å². The molecule has 0 aromatic rings. The second kappa shape index (κ2) is 9.74. The third kappa shape index (κ3) is 11.7. The van der Waals surface area contributed by atoms with Gasteiger partial charge in [0.25, 0.3) is 0 Å². The lowest BCUT2D eigenvalue weighted by Gasteiger charge is -2.03. The van der Waals surface area contributed by atoms with Gasteiger partial charge in [-0.3, -0.25) is 0 Å². The van der Waals surface area contributed by atoms with Crippen LogP contribution in [0.1, 0.15) is 32.6 Å². The van der Waals surface area contributed by atoms with Crippen LogP contribution in [0.25, 0.3) is 0 Å². The zero-order chi connectivity index (χ0) is 9.94. The molecule has 0 aromatic carbocycles. The van der Waals surface area contributed by atoms with E-state index in [4.69, 9.17) is 4.74 Å². The predicted molar refractivity (Wildman–Crippen MR) is 53.9 cm³/mol. The first-order valence-corrected chi connectivity index (χ1v) is 5.09. The molecule has 0 unspecified atom stereocenters. The Kier molecular flexibility index (Phi) is 9.47. The highest BCUT2D eigenvalue weighted by molar-refractivity contribution is 7.96. The van der Waals surface area contributed by atoms with E-state index >= 15 is 0 Å².